The van der Waals surface area contributed by atoms with Gasteiger partial charge in [-0.05, 0) is 57.8 Å². The number of methoxy groups -OCH3 is 1. The Kier molecular flexibility index (Phi) is 26.7. The van der Waals surface area contributed by atoms with Crippen LogP contribution in [-0.2, 0) is 23.8 Å². The van der Waals surface area contributed by atoms with Crippen LogP contribution < -0.4 is 0 Å². The summed E-state index contributed by atoms with van der Waals surface area (Å²) < 4.78 is 16.0. The molecule has 1 unspecified atom stereocenters. The summed E-state index contributed by atoms with van der Waals surface area (Å²) in [5.41, 5.74) is 0. The van der Waals surface area contributed by atoms with Crippen LogP contribution in [0.1, 0.15) is 136 Å². The Morgan fingerprint density at radius 1 is 0.611 bits per heavy atom. The predicted molar refractivity (Wildman–Crippen MR) is 150 cm³/mol. The molecule has 0 aliphatic heterocycles. The molecule has 0 aliphatic rings. The van der Waals surface area contributed by atoms with E-state index in [1.807, 2.05) is 0 Å². The summed E-state index contributed by atoms with van der Waals surface area (Å²) in [7, 11) is 1.56. The zero-order valence-electron chi connectivity index (χ0n) is 23.8. The van der Waals surface area contributed by atoms with Crippen molar-refractivity contribution in [3.05, 3.63) is 24.3 Å². The average molecular weight is 509 g/mol. The largest absolute Gasteiger partial charge is 0.462 e. The fourth-order valence-electron chi connectivity index (χ4n) is 3.96. The highest BCUT2D eigenvalue weighted by molar-refractivity contribution is 5.70. The molecule has 5 heteroatoms. The molecule has 0 aromatic heterocycles. The van der Waals surface area contributed by atoms with E-state index in [9.17, 15) is 9.59 Å². The molecular formula is C31H56O5. The van der Waals surface area contributed by atoms with Gasteiger partial charge in [0.05, 0.1) is 6.61 Å². The molecule has 36 heavy (non-hydrogen) atoms. The third kappa shape index (κ3) is 25.5. The molecule has 210 valence electrons. The topological polar surface area (TPSA) is 61.8 Å². The fraction of sp³-hybridized carbons (Fsp3) is 0.806. The van der Waals surface area contributed by atoms with E-state index in [-0.39, 0.29) is 25.2 Å². The van der Waals surface area contributed by atoms with Crippen LogP contribution in [0.4, 0.5) is 0 Å². The third-order valence-corrected chi connectivity index (χ3v) is 6.13. The van der Waals surface area contributed by atoms with Crippen LogP contribution in [0.5, 0.6) is 0 Å². The van der Waals surface area contributed by atoms with Gasteiger partial charge < -0.3 is 14.2 Å². The van der Waals surface area contributed by atoms with E-state index in [0.717, 1.165) is 57.8 Å². The standard InChI is InChI=1S/C31H56O5/c1-4-6-8-10-12-14-15-16-18-19-21-23-25-30(32)35-28-29(27-34-3)36-31(33)26-24-22-20-17-13-11-9-7-5-2/h7,9,12,14,29H,4-6,8,10-11,13,15-28H2,1-3H3/b9-7-,14-12-. The molecule has 0 fully saturated rings. The lowest BCUT2D eigenvalue weighted by molar-refractivity contribution is -0.162. The molecule has 0 radical (unpaired) electrons. The van der Waals surface area contributed by atoms with Crippen molar-refractivity contribution in [2.24, 2.45) is 0 Å². The minimum absolute atomic E-state index is 0.0638. The smallest absolute Gasteiger partial charge is 0.306 e. The van der Waals surface area contributed by atoms with Crippen LogP contribution in [0.3, 0.4) is 0 Å². The lowest BCUT2D eigenvalue weighted by Gasteiger charge is -2.17. The first-order valence-electron chi connectivity index (χ1n) is 14.8. The van der Waals surface area contributed by atoms with Gasteiger partial charge in [0.2, 0.25) is 0 Å². The van der Waals surface area contributed by atoms with Gasteiger partial charge in [-0.2, -0.15) is 0 Å². The van der Waals surface area contributed by atoms with Gasteiger partial charge in [-0.15, -0.1) is 0 Å². The van der Waals surface area contributed by atoms with Crippen molar-refractivity contribution < 1.29 is 23.8 Å². The third-order valence-electron chi connectivity index (χ3n) is 6.13. The molecule has 0 heterocycles. The summed E-state index contributed by atoms with van der Waals surface area (Å²) in [6.45, 7) is 4.68. The van der Waals surface area contributed by atoms with Crippen LogP contribution in [0.15, 0.2) is 24.3 Å². The molecule has 5 nitrogen and oxygen atoms in total. The van der Waals surface area contributed by atoms with Gasteiger partial charge in [-0.1, -0.05) is 89.5 Å². The number of ether oxygens (including phenoxy) is 3. The highest BCUT2D eigenvalue weighted by atomic mass is 16.6. The van der Waals surface area contributed by atoms with Gasteiger partial charge >= 0.3 is 11.9 Å². The zero-order valence-corrected chi connectivity index (χ0v) is 23.8. The first-order valence-corrected chi connectivity index (χ1v) is 14.8. The Balaban J connectivity index is 3.75. The van der Waals surface area contributed by atoms with Crippen molar-refractivity contribution in [1.29, 1.82) is 0 Å². The number of carbonyl (C=O) groups excluding carboxylic acids is 2. The maximum Gasteiger partial charge on any atom is 0.306 e. The maximum absolute atomic E-state index is 12.1. The molecule has 0 bridgehead atoms. The number of unbranched alkanes of at least 4 members (excludes halogenated alkanes) is 13. The number of esters is 2. The summed E-state index contributed by atoms with van der Waals surface area (Å²) in [6, 6.07) is 0. The quantitative estimate of drug-likeness (QED) is 0.0664. The van der Waals surface area contributed by atoms with Gasteiger partial charge in [-0.25, -0.2) is 0 Å². The highest BCUT2D eigenvalue weighted by Crippen LogP contribution is 2.11. The lowest BCUT2D eigenvalue weighted by atomic mass is 10.1. The Hall–Kier alpha value is -1.62. The minimum atomic E-state index is -0.535. The summed E-state index contributed by atoms with van der Waals surface area (Å²) in [6.07, 6.45) is 28.7. The van der Waals surface area contributed by atoms with Gasteiger partial charge in [0, 0.05) is 20.0 Å². The van der Waals surface area contributed by atoms with E-state index in [1.165, 1.54) is 51.4 Å². The highest BCUT2D eigenvalue weighted by Gasteiger charge is 2.16. The maximum atomic E-state index is 12.1. The Labute approximate surface area is 222 Å². The number of hydrogen-bond acceptors (Lipinski definition) is 5. The van der Waals surface area contributed by atoms with E-state index in [2.05, 4.69) is 38.2 Å². The van der Waals surface area contributed by atoms with Crippen molar-refractivity contribution in [3.63, 3.8) is 0 Å². The summed E-state index contributed by atoms with van der Waals surface area (Å²) in [5, 5.41) is 0. The number of allylic oxidation sites excluding steroid dienone is 4. The first kappa shape index (κ1) is 34.4. The molecule has 0 amide bonds. The van der Waals surface area contributed by atoms with E-state index in [1.54, 1.807) is 7.11 Å². The molecule has 0 N–H and O–H groups in total. The van der Waals surface area contributed by atoms with Crippen molar-refractivity contribution in [1.82, 2.24) is 0 Å². The van der Waals surface area contributed by atoms with E-state index < -0.39 is 6.10 Å². The predicted octanol–water partition coefficient (Wildman–Crippen LogP) is 8.65. The van der Waals surface area contributed by atoms with Crippen molar-refractivity contribution >= 4 is 11.9 Å². The van der Waals surface area contributed by atoms with Crippen molar-refractivity contribution in [3.8, 4) is 0 Å². The second kappa shape index (κ2) is 28.0. The number of carbonyl (C=O) groups is 2. The van der Waals surface area contributed by atoms with E-state index in [0.29, 0.717) is 12.8 Å². The molecule has 0 aliphatic carbocycles. The van der Waals surface area contributed by atoms with Crippen molar-refractivity contribution in [2.45, 2.75) is 142 Å². The van der Waals surface area contributed by atoms with Gasteiger partial charge in [0.15, 0.2) is 6.10 Å². The molecule has 0 rings (SSSR count). The Morgan fingerprint density at radius 3 is 1.67 bits per heavy atom. The summed E-state index contributed by atoms with van der Waals surface area (Å²) >= 11 is 0. The van der Waals surface area contributed by atoms with Crippen molar-refractivity contribution in [2.75, 3.05) is 20.3 Å². The van der Waals surface area contributed by atoms with Gasteiger partial charge in [-0.3, -0.25) is 9.59 Å². The number of hydrogen-bond donors (Lipinski definition) is 0. The van der Waals surface area contributed by atoms with Crippen LogP contribution in [0.2, 0.25) is 0 Å². The SMILES string of the molecule is CC/C=C\CCCCCCCC(=O)OC(COC)COC(=O)CCCCCCC/C=C\CCCCC. The van der Waals surface area contributed by atoms with Gasteiger partial charge in [0.25, 0.3) is 0 Å². The zero-order chi connectivity index (χ0) is 26.5. The molecule has 0 saturated carbocycles. The molecule has 0 saturated heterocycles. The lowest BCUT2D eigenvalue weighted by Crippen LogP contribution is -2.29. The van der Waals surface area contributed by atoms with Crippen LogP contribution in [-0.4, -0.2) is 38.4 Å². The number of rotatable bonds is 26. The minimum Gasteiger partial charge on any atom is -0.462 e. The summed E-state index contributed by atoms with van der Waals surface area (Å²) in [4.78, 5) is 24.2. The second-order valence-corrected chi connectivity index (χ2v) is 9.71. The molecule has 0 aromatic rings. The molecular weight excluding hydrogens is 452 g/mol. The monoisotopic (exact) mass is 508 g/mol. The fourth-order valence-corrected chi connectivity index (χ4v) is 3.96. The van der Waals surface area contributed by atoms with Crippen LogP contribution >= 0.6 is 0 Å². The molecule has 0 spiro atoms. The average Bonchev–Trinajstić information content (AvgIpc) is 2.87. The normalized spacial score (nSPS) is 12.4. The second-order valence-electron chi connectivity index (χ2n) is 9.71. The molecule has 1 atom stereocenters. The Bertz CT molecular complexity index is 555. The summed E-state index contributed by atoms with van der Waals surface area (Å²) in [5.74, 6) is -0.467. The van der Waals surface area contributed by atoms with E-state index in [4.69, 9.17) is 14.2 Å². The van der Waals surface area contributed by atoms with E-state index >= 15 is 0 Å². The van der Waals surface area contributed by atoms with Crippen LogP contribution in [0.25, 0.3) is 0 Å². The Morgan fingerprint density at radius 2 is 1.11 bits per heavy atom. The van der Waals surface area contributed by atoms with Gasteiger partial charge in [0.1, 0.15) is 6.61 Å². The molecule has 0 aromatic carbocycles. The first-order chi connectivity index (χ1) is 17.6. The van der Waals surface area contributed by atoms with Crippen LogP contribution in [0, 0.1) is 0 Å².